The van der Waals surface area contributed by atoms with Crippen LogP contribution in [0.25, 0.3) is 0 Å². The molecule has 0 aromatic rings. The zero-order valence-corrected chi connectivity index (χ0v) is 11.3. The summed E-state index contributed by atoms with van der Waals surface area (Å²) in [5.74, 6) is -1.13. The van der Waals surface area contributed by atoms with E-state index >= 15 is 0 Å². The van der Waals surface area contributed by atoms with Gasteiger partial charge in [0.2, 0.25) is 5.91 Å². The molecule has 0 saturated carbocycles. The third kappa shape index (κ3) is 2.60. The highest BCUT2D eigenvalue weighted by Crippen LogP contribution is 2.35. The number of carboxylic acid groups (broad SMARTS) is 1. The molecule has 19 heavy (non-hydrogen) atoms. The molecule has 0 radical (unpaired) electrons. The minimum Gasteiger partial charge on any atom is -0.480 e. The first-order valence-corrected chi connectivity index (χ1v) is 6.93. The number of nitrogens with zero attached hydrogens (tertiary/aromatic N) is 1. The number of aliphatic carboxylic acids is 1. The third-order valence-electron chi connectivity index (χ3n) is 4.25. The van der Waals surface area contributed by atoms with Crippen molar-refractivity contribution in [2.24, 2.45) is 5.41 Å². The Balaban J connectivity index is 2.19. The summed E-state index contributed by atoms with van der Waals surface area (Å²) in [6.45, 7) is 3.57. The van der Waals surface area contributed by atoms with Crippen molar-refractivity contribution < 1.29 is 19.8 Å². The molecule has 2 fully saturated rings. The predicted molar refractivity (Wildman–Crippen MR) is 68.6 cm³/mol. The van der Waals surface area contributed by atoms with Crippen LogP contribution in [0.3, 0.4) is 0 Å². The average Bonchev–Trinajstić information content (AvgIpc) is 2.96. The van der Waals surface area contributed by atoms with Crippen molar-refractivity contribution in [3.05, 3.63) is 0 Å². The fourth-order valence-electron chi connectivity index (χ4n) is 3.30. The largest absolute Gasteiger partial charge is 0.480 e. The van der Waals surface area contributed by atoms with E-state index in [-0.39, 0.29) is 18.9 Å². The first kappa shape index (κ1) is 14.3. The Kier molecular flexibility index (Phi) is 4.10. The molecule has 1 unspecified atom stereocenters. The third-order valence-corrected chi connectivity index (χ3v) is 4.25. The van der Waals surface area contributed by atoms with E-state index in [9.17, 15) is 19.8 Å². The van der Waals surface area contributed by atoms with E-state index in [1.54, 1.807) is 0 Å². The van der Waals surface area contributed by atoms with E-state index < -0.39 is 23.5 Å². The van der Waals surface area contributed by atoms with Crippen LogP contribution >= 0.6 is 0 Å². The normalized spacial score (nSPS) is 34.7. The van der Waals surface area contributed by atoms with Crippen LogP contribution in [0, 0.1) is 5.41 Å². The second kappa shape index (κ2) is 5.46. The molecule has 0 bridgehead atoms. The Morgan fingerprint density at radius 1 is 1.47 bits per heavy atom. The van der Waals surface area contributed by atoms with Crippen LogP contribution in [-0.2, 0) is 9.59 Å². The van der Waals surface area contributed by atoms with Gasteiger partial charge in [0, 0.05) is 19.5 Å². The number of likely N-dealkylation sites (tertiary alicyclic amines) is 1. The van der Waals surface area contributed by atoms with Gasteiger partial charge in [-0.05, 0) is 19.4 Å². The van der Waals surface area contributed by atoms with Crippen LogP contribution in [0.15, 0.2) is 0 Å². The average molecular weight is 270 g/mol. The summed E-state index contributed by atoms with van der Waals surface area (Å²) in [6, 6.07) is -0.878. The SMILES string of the molecule is CCCC1(C(=O)N2C[C@@H](O)C[C@H]2C(=O)O)CCNC1. The number of nitrogens with one attached hydrogen (secondary N) is 1. The van der Waals surface area contributed by atoms with Gasteiger partial charge in [0.15, 0.2) is 0 Å². The molecule has 2 rings (SSSR count). The molecular formula is C13H22N2O4. The predicted octanol–water partition coefficient (Wildman–Crippen LogP) is -0.187. The van der Waals surface area contributed by atoms with E-state index in [2.05, 4.69) is 5.32 Å². The Labute approximate surface area is 112 Å². The number of aliphatic hydroxyl groups is 1. The van der Waals surface area contributed by atoms with Gasteiger partial charge in [-0.15, -0.1) is 0 Å². The van der Waals surface area contributed by atoms with Gasteiger partial charge in [-0.2, -0.15) is 0 Å². The highest BCUT2D eigenvalue weighted by molar-refractivity contribution is 5.88. The number of hydrogen-bond donors (Lipinski definition) is 3. The number of β-amino-alcohol motifs (C(OH)–C–C–N with tert-alkyl or cyclic N) is 1. The lowest BCUT2D eigenvalue weighted by molar-refractivity contribution is -0.153. The number of aliphatic hydroxyl groups excluding tert-OH is 1. The molecule has 3 atom stereocenters. The molecule has 0 spiro atoms. The molecule has 6 heteroatoms. The van der Waals surface area contributed by atoms with Crippen molar-refractivity contribution >= 4 is 11.9 Å². The number of amides is 1. The van der Waals surface area contributed by atoms with E-state index in [1.165, 1.54) is 4.90 Å². The van der Waals surface area contributed by atoms with Crippen LogP contribution in [0.5, 0.6) is 0 Å². The van der Waals surface area contributed by atoms with Gasteiger partial charge in [-0.1, -0.05) is 13.3 Å². The lowest BCUT2D eigenvalue weighted by Gasteiger charge is -2.33. The second-order valence-electron chi connectivity index (χ2n) is 5.66. The first-order valence-electron chi connectivity index (χ1n) is 6.93. The lowest BCUT2D eigenvalue weighted by atomic mass is 9.81. The highest BCUT2D eigenvalue weighted by Gasteiger charge is 2.48. The fraction of sp³-hybridized carbons (Fsp3) is 0.846. The molecule has 0 aromatic heterocycles. The summed E-state index contributed by atoms with van der Waals surface area (Å²) in [7, 11) is 0. The first-order chi connectivity index (χ1) is 9.00. The van der Waals surface area contributed by atoms with Crippen molar-refractivity contribution in [2.75, 3.05) is 19.6 Å². The summed E-state index contributed by atoms with van der Waals surface area (Å²) in [6.07, 6.45) is 1.81. The summed E-state index contributed by atoms with van der Waals surface area (Å²) in [4.78, 5) is 25.3. The number of carbonyl (C=O) groups excluding carboxylic acids is 1. The smallest absolute Gasteiger partial charge is 0.326 e. The van der Waals surface area contributed by atoms with Crippen LogP contribution in [0.2, 0.25) is 0 Å². The molecule has 3 N–H and O–H groups in total. The van der Waals surface area contributed by atoms with Crippen LogP contribution in [0.1, 0.15) is 32.6 Å². The number of carbonyl (C=O) groups is 2. The Hall–Kier alpha value is -1.14. The zero-order valence-electron chi connectivity index (χ0n) is 11.3. The molecule has 0 aromatic carbocycles. The standard InChI is InChI=1S/C13H22N2O4/c1-2-3-13(4-5-14-8-13)12(19)15-7-9(16)6-10(15)11(17)18/h9-10,14,16H,2-8H2,1H3,(H,17,18)/t9-,10-,13?/m0/s1. The van der Waals surface area contributed by atoms with Crippen LogP contribution in [0.4, 0.5) is 0 Å². The molecule has 1 amide bonds. The van der Waals surface area contributed by atoms with Crippen LogP contribution < -0.4 is 5.32 Å². The maximum Gasteiger partial charge on any atom is 0.326 e. The van der Waals surface area contributed by atoms with E-state index in [0.717, 1.165) is 25.8 Å². The quantitative estimate of drug-likeness (QED) is 0.659. The van der Waals surface area contributed by atoms with Crippen molar-refractivity contribution in [3.63, 3.8) is 0 Å². The van der Waals surface area contributed by atoms with Gasteiger partial charge in [0.05, 0.1) is 11.5 Å². The molecular weight excluding hydrogens is 248 g/mol. The van der Waals surface area contributed by atoms with Gasteiger partial charge in [0.1, 0.15) is 6.04 Å². The van der Waals surface area contributed by atoms with Crippen LogP contribution in [-0.4, -0.2) is 58.8 Å². The minimum atomic E-state index is -1.03. The van der Waals surface area contributed by atoms with Gasteiger partial charge < -0.3 is 20.4 Å². The summed E-state index contributed by atoms with van der Waals surface area (Å²) in [5, 5.41) is 22.0. The maximum atomic E-state index is 12.7. The second-order valence-corrected chi connectivity index (χ2v) is 5.66. The van der Waals surface area contributed by atoms with Crippen molar-refractivity contribution in [3.8, 4) is 0 Å². The Bertz CT molecular complexity index is 366. The number of rotatable bonds is 4. The monoisotopic (exact) mass is 270 g/mol. The maximum absolute atomic E-state index is 12.7. The molecule has 2 heterocycles. The molecule has 2 aliphatic heterocycles. The Morgan fingerprint density at radius 3 is 2.74 bits per heavy atom. The van der Waals surface area contributed by atoms with E-state index in [4.69, 9.17) is 0 Å². The molecule has 2 saturated heterocycles. The topological polar surface area (TPSA) is 89.9 Å². The molecule has 6 nitrogen and oxygen atoms in total. The summed E-state index contributed by atoms with van der Waals surface area (Å²) in [5.41, 5.74) is -0.480. The van der Waals surface area contributed by atoms with Crippen molar-refractivity contribution in [1.29, 1.82) is 0 Å². The lowest BCUT2D eigenvalue weighted by Crippen LogP contribution is -2.49. The van der Waals surface area contributed by atoms with Gasteiger partial charge in [0.25, 0.3) is 0 Å². The van der Waals surface area contributed by atoms with Crippen molar-refractivity contribution in [2.45, 2.75) is 44.8 Å². The van der Waals surface area contributed by atoms with Crippen molar-refractivity contribution in [1.82, 2.24) is 10.2 Å². The van der Waals surface area contributed by atoms with Gasteiger partial charge in [-0.3, -0.25) is 4.79 Å². The molecule has 108 valence electrons. The highest BCUT2D eigenvalue weighted by atomic mass is 16.4. The number of carboxylic acids is 1. The number of hydrogen-bond acceptors (Lipinski definition) is 4. The molecule has 0 aliphatic carbocycles. The minimum absolute atomic E-state index is 0.108. The summed E-state index contributed by atoms with van der Waals surface area (Å²) < 4.78 is 0. The fourth-order valence-corrected chi connectivity index (χ4v) is 3.30. The zero-order chi connectivity index (χ0) is 14.0. The Morgan fingerprint density at radius 2 is 2.21 bits per heavy atom. The van der Waals surface area contributed by atoms with E-state index in [0.29, 0.717) is 6.54 Å². The van der Waals surface area contributed by atoms with Gasteiger partial charge >= 0.3 is 5.97 Å². The summed E-state index contributed by atoms with van der Waals surface area (Å²) >= 11 is 0. The van der Waals surface area contributed by atoms with Gasteiger partial charge in [-0.25, -0.2) is 4.79 Å². The van der Waals surface area contributed by atoms with E-state index in [1.807, 2.05) is 6.92 Å². The molecule has 2 aliphatic rings.